The number of aromatic nitrogens is 3. The van der Waals surface area contributed by atoms with Crippen molar-refractivity contribution in [2.45, 2.75) is 24.4 Å². The second kappa shape index (κ2) is 5.85. The van der Waals surface area contributed by atoms with Crippen LogP contribution in [0.4, 0.5) is 11.9 Å². The molecule has 0 aromatic carbocycles. The number of anilines is 2. The van der Waals surface area contributed by atoms with E-state index in [1.165, 1.54) is 18.2 Å². The van der Waals surface area contributed by atoms with Crippen molar-refractivity contribution in [3.8, 4) is 0 Å². The van der Waals surface area contributed by atoms with E-state index in [0.717, 1.165) is 25.9 Å². The van der Waals surface area contributed by atoms with E-state index < -0.39 is 5.91 Å². The molecule has 0 spiro atoms. The highest BCUT2D eigenvalue weighted by atomic mass is 32.2. The molecule has 0 saturated carbocycles. The molecule has 0 radical (unpaired) electrons. The normalized spacial score (nSPS) is 15.7. The summed E-state index contributed by atoms with van der Waals surface area (Å²) in [5.74, 6) is 0.508. The summed E-state index contributed by atoms with van der Waals surface area (Å²) in [5.41, 5.74) is 10.7. The maximum atomic E-state index is 10.7. The first kappa shape index (κ1) is 12.9. The summed E-state index contributed by atoms with van der Waals surface area (Å²) in [6.07, 6.45) is 3.51. The Morgan fingerprint density at radius 3 is 2.61 bits per heavy atom. The van der Waals surface area contributed by atoms with Crippen molar-refractivity contribution in [3.05, 3.63) is 0 Å². The minimum absolute atomic E-state index is 0.142. The number of amides is 1. The summed E-state index contributed by atoms with van der Waals surface area (Å²) >= 11 is 1.18. The molecule has 1 saturated heterocycles. The zero-order chi connectivity index (χ0) is 13.0. The quantitative estimate of drug-likeness (QED) is 0.740. The lowest BCUT2D eigenvalue weighted by molar-refractivity contribution is -0.115. The molecule has 0 aliphatic carbocycles. The number of thioether (sulfide) groups is 1. The van der Waals surface area contributed by atoms with E-state index in [-0.39, 0.29) is 11.7 Å². The lowest BCUT2D eigenvalue weighted by Crippen LogP contribution is -2.31. The largest absolute Gasteiger partial charge is 0.369 e. The van der Waals surface area contributed by atoms with E-state index in [1.807, 2.05) is 0 Å². The summed E-state index contributed by atoms with van der Waals surface area (Å²) in [6.45, 7) is 1.87. The van der Waals surface area contributed by atoms with Crippen LogP contribution in [0.2, 0.25) is 0 Å². The van der Waals surface area contributed by atoms with Crippen molar-refractivity contribution in [1.29, 1.82) is 0 Å². The Kier molecular flexibility index (Phi) is 4.19. The smallest absolute Gasteiger partial charge is 0.231 e. The molecule has 4 N–H and O–H groups in total. The predicted octanol–water partition coefficient (Wildman–Crippen LogP) is 0.0215. The van der Waals surface area contributed by atoms with Crippen LogP contribution in [0, 0.1) is 0 Å². The van der Waals surface area contributed by atoms with Gasteiger partial charge in [0.05, 0.1) is 5.75 Å². The van der Waals surface area contributed by atoms with Gasteiger partial charge in [-0.3, -0.25) is 4.79 Å². The van der Waals surface area contributed by atoms with Crippen LogP contribution >= 0.6 is 11.8 Å². The minimum Gasteiger partial charge on any atom is -0.369 e. The fraction of sp³-hybridized carbons (Fsp3) is 0.600. The van der Waals surface area contributed by atoms with Crippen molar-refractivity contribution in [1.82, 2.24) is 15.0 Å². The van der Waals surface area contributed by atoms with E-state index in [9.17, 15) is 4.79 Å². The van der Waals surface area contributed by atoms with Gasteiger partial charge < -0.3 is 16.4 Å². The fourth-order valence-corrected chi connectivity index (χ4v) is 2.37. The number of carbonyl (C=O) groups is 1. The van der Waals surface area contributed by atoms with Gasteiger partial charge >= 0.3 is 0 Å². The van der Waals surface area contributed by atoms with Gasteiger partial charge in [0.1, 0.15) is 0 Å². The molecule has 2 rings (SSSR count). The molecule has 1 fully saturated rings. The van der Waals surface area contributed by atoms with Gasteiger partial charge in [-0.15, -0.1) is 0 Å². The molecule has 0 unspecified atom stereocenters. The molecule has 18 heavy (non-hydrogen) atoms. The molecular weight excluding hydrogens is 252 g/mol. The number of nitrogen functional groups attached to an aromatic ring is 1. The second-order valence-electron chi connectivity index (χ2n) is 4.08. The average Bonchev–Trinajstić information content (AvgIpc) is 2.37. The van der Waals surface area contributed by atoms with Crippen molar-refractivity contribution in [2.24, 2.45) is 5.73 Å². The molecule has 1 aliphatic heterocycles. The number of rotatable bonds is 4. The summed E-state index contributed by atoms with van der Waals surface area (Å²) < 4.78 is 0. The molecule has 98 valence electrons. The van der Waals surface area contributed by atoms with E-state index >= 15 is 0 Å². The van der Waals surface area contributed by atoms with Crippen LogP contribution < -0.4 is 16.4 Å². The van der Waals surface area contributed by atoms with Gasteiger partial charge in [0.2, 0.25) is 17.8 Å². The van der Waals surface area contributed by atoms with Crippen LogP contribution in [0.5, 0.6) is 0 Å². The van der Waals surface area contributed by atoms with Gasteiger partial charge in [0.25, 0.3) is 0 Å². The molecule has 1 aliphatic rings. The predicted molar refractivity (Wildman–Crippen MR) is 70.2 cm³/mol. The second-order valence-corrected chi connectivity index (χ2v) is 5.02. The van der Waals surface area contributed by atoms with Crippen LogP contribution in [0.15, 0.2) is 5.16 Å². The monoisotopic (exact) mass is 268 g/mol. The first-order chi connectivity index (χ1) is 8.65. The van der Waals surface area contributed by atoms with E-state index in [2.05, 4.69) is 19.9 Å². The highest BCUT2D eigenvalue weighted by Gasteiger charge is 2.15. The van der Waals surface area contributed by atoms with Crippen LogP contribution in [-0.2, 0) is 4.79 Å². The highest BCUT2D eigenvalue weighted by molar-refractivity contribution is 7.99. The van der Waals surface area contributed by atoms with Gasteiger partial charge in [0, 0.05) is 13.1 Å². The van der Waals surface area contributed by atoms with Crippen molar-refractivity contribution in [2.75, 3.05) is 29.5 Å². The number of piperidine rings is 1. The van der Waals surface area contributed by atoms with Crippen molar-refractivity contribution < 1.29 is 4.79 Å². The standard InChI is InChI=1S/C10H16N6OS/c11-7(17)6-18-10-14-8(12)13-9(15-10)16-4-2-1-3-5-16/h1-6H2,(H2,11,17)(H2,12,13,14,15). The van der Waals surface area contributed by atoms with Gasteiger partial charge in [-0.2, -0.15) is 15.0 Å². The third kappa shape index (κ3) is 3.46. The van der Waals surface area contributed by atoms with Gasteiger partial charge in [-0.05, 0) is 19.3 Å². The van der Waals surface area contributed by atoms with Crippen molar-refractivity contribution in [3.63, 3.8) is 0 Å². The highest BCUT2D eigenvalue weighted by Crippen LogP contribution is 2.20. The molecule has 2 heterocycles. The number of carbonyl (C=O) groups excluding carboxylic acids is 1. The Hall–Kier alpha value is -1.57. The number of hydrogen-bond acceptors (Lipinski definition) is 7. The van der Waals surface area contributed by atoms with E-state index in [4.69, 9.17) is 11.5 Å². The first-order valence-corrected chi connectivity index (χ1v) is 6.81. The fourth-order valence-electron chi connectivity index (χ4n) is 1.80. The number of nitrogens with two attached hydrogens (primary N) is 2. The van der Waals surface area contributed by atoms with Crippen LogP contribution in [0.3, 0.4) is 0 Å². The summed E-state index contributed by atoms with van der Waals surface area (Å²) in [7, 11) is 0. The number of primary amides is 1. The molecule has 8 heteroatoms. The molecule has 1 amide bonds. The van der Waals surface area contributed by atoms with Crippen LogP contribution in [0.25, 0.3) is 0 Å². The Labute approximate surface area is 109 Å². The summed E-state index contributed by atoms with van der Waals surface area (Å²) in [4.78, 5) is 25.3. The van der Waals surface area contributed by atoms with Gasteiger partial charge in [-0.1, -0.05) is 11.8 Å². The molecular formula is C10H16N6OS. The number of nitrogens with zero attached hydrogens (tertiary/aromatic N) is 4. The lowest BCUT2D eigenvalue weighted by atomic mass is 10.1. The SMILES string of the molecule is NC(=O)CSc1nc(N)nc(N2CCCCC2)n1. The molecule has 7 nitrogen and oxygen atoms in total. The van der Waals surface area contributed by atoms with E-state index in [0.29, 0.717) is 11.1 Å². The third-order valence-electron chi connectivity index (χ3n) is 2.60. The summed E-state index contributed by atoms with van der Waals surface area (Å²) in [6, 6.07) is 0. The average molecular weight is 268 g/mol. The first-order valence-electron chi connectivity index (χ1n) is 5.83. The topological polar surface area (TPSA) is 111 Å². The van der Waals surface area contributed by atoms with E-state index in [1.54, 1.807) is 0 Å². The molecule has 1 aromatic heterocycles. The Morgan fingerprint density at radius 2 is 1.94 bits per heavy atom. The maximum Gasteiger partial charge on any atom is 0.231 e. The Morgan fingerprint density at radius 1 is 1.22 bits per heavy atom. The summed E-state index contributed by atoms with van der Waals surface area (Å²) in [5, 5.41) is 0.446. The molecule has 0 bridgehead atoms. The third-order valence-corrected chi connectivity index (χ3v) is 3.47. The lowest BCUT2D eigenvalue weighted by Gasteiger charge is -2.26. The minimum atomic E-state index is -0.404. The Balaban J connectivity index is 2.12. The van der Waals surface area contributed by atoms with Crippen LogP contribution in [-0.4, -0.2) is 39.7 Å². The Bertz CT molecular complexity index is 434. The van der Waals surface area contributed by atoms with Gasteiger partial charge in [-0.25, -0.2) is 0 Å². The number of hydrogen-bond donors (Lipinski definition) is 2. The molecule has 1 aromatic rings. The van der Waals surface area contributed by atoms with Crippen LogP contribution in [0.1, 0.15) is 19.3 Å². The zero-order valence-corrected chi connectivity index (χ0v) is 10.8. The zero-order valence-electron chi connectivity index (χ0n) is 10.0. The van der Waals surface area contributed by atoms with Gasteiger partial charge in [0.15, 0.2) is 5.16 Å². The van der Waals surface area contributed by atoms with Crippen molar-refractivity contribution >= 4 is 29.6 Å². The molecule has 0 atom stereocenters. The maximum absolute atomic E-state index is 10.7.